The van der Waals surface area contributed by atoms with Crippen LogP contribution in [0.25, 0.3) is 0 Å². The summed E-state index contributed by atoms with van der Waals surface area (Å²) >= 11 is 4.48. The largest absolute Gasteiger partial charge is 0.545 e. The highest BCUT2D eigenvalue weighted by Gasteiger charge is 2.14. The van der Waals surface area contributed by atoms with Crippen molar-refractivity contribution in [3.05, 3.63) is 50.8 Å². The number of aryl methyl sites for hydroxylation is 1. The highest BCUT2D eigenvalue weighted by Crippen LogP contribution is 2.28. The van der Waals surface area contributed by atoms with E-state index in [2.05, 4.69) is 21.2 Å². The van der Waals surface area contributed by atoms with Crippen LogP contribution in [0.2, 0.25) is 0 Å². The summed E-state index contributed by atoms with van der Waals surface area (Å²) in [6.07, 6.45) is 0. The zero-order valence-electron chi connectivity index (χ0n) is 9.90. The van der Waals surface area contributed by atoms with Gasteiger partial charge in [-0.3, -0.25) is 4.79 Å². The summed E-state index contributed by atoms with van der Waals surface area (Å²) in [5.41, 5.74) is 0.445. The minimum Gasteiger partial charge on any atom is -0.545 e. The van der Waals surface area contributed by atoms with Gasteiger partial charge in [-0.05, 0) is 41.1 Å². The van der Waals surface area contributed by atoms with Gasteiger partial charge in [-0.2, -0.15) is 0 Å². The molecule has 4 nitrogen and oxygen atoms in total. The van der Waals surface area contributed by atoms with Gasteiger partial charge in [0.1, 0.15) is 5.00 Å². The third-order valence-electron chi connectivity index (χ3n) is 2.42. The molecule has 1 N–H and O–H groups in total. The molecule has 6 heteroatoms. The van der Waals surface area contributed by atoms with Crippen LogP contribution in [0.4, 0.5) is 5.00 Å². The molecule has 0 bridgehead atoms. The number of carbonyl (C=O) groups excluding carboxylic acids is 2. The Kier molecular flexibility index (Phi) is 4.01. The van der Waals surface area contributed by atoms with Crippen molar-refractivity contribution in [2.24, 2.45) is 0 Å². The van der Waals surface area contributed by atoms with E-state index in [1.165, 1.54) is 17.4 Å². The molecule has 2 aromatic rings. The molecular formula is C13H9BrNO3S-. The molecule has 0 aliphatic rings. The van der Waals surface area contributed by atoms with Crippen molar-refractivity contribution in [3.63, 3.8) is 0 Å². The zero-order valence-corrected chi connectivity index (χ0v) is 12.3. The Bertz CT molecular complexity index is 651. The van der Waals surface area contributed by atoms with E-state index in [0.717, 1.165) is 4.88 Å². The van der Waals surface area contributed by atoms with E-state index in [-0.39, 0.29) is 11.5 Å². The highest BCUT2D eigenvalue weighted by molar-refractivity contribution is 9.10. The lowest BCUT2D eigenvalue weighted by molar-refractivity contribution is -0.254. The van der Waals surface area contributed by atoms with Crippen molar-refractivity contribution in [2.75, 3.05) is 5.32 Å². The SMILES string of the molecule is Cc1cc(C(=O)[O-])c(NC(=O)c2ccccc2Br)s1. The molecule has 1 heterocycles. The van der Waals surface area contributed by atoms with Crippen LogP contribution in [0, 0.1) is 6.92 Å². The number of halogens is 1. The van der Waals surface area contributed by atoms with Crippen LogP contribution >= 0.6 is 27.3 Å². The second-order valence-electron chi connectivity index (χ2n) is 3.82. The van der Waals surface area contributed by atoms with E-state index in [4.69, 9.17) is 0 Å². The molecule has 0 saturated carbocycles. The van der Waals surface area contributed by atoms with E-state index in [9.17, 15) is 14.7 Å². The number of nitrogens with one attached hydrogen (secondary N) is 1. The molecular weight excluding hydrogens is 330 g/mol. The van der Waals surface area contributed by atoms with Gasteiger partial charge < -0.3 is 15.2 Å². The number of anilines is 1. The van der Waals surface area contributed by atoms with Gasteiger partial charge in [0.2, 0.25) is 0 Å². The fourth-order valence-corrected chi connectivity index (χ4v) is 2.93. The molecule has 1 amide bonds. The van der Waals surface area contributed by atoms with Gasteiger partial charge in [-0.15, -0.1) is 11.3 Å². The zero-order chi connectivity index (χ0) is 14.0. The van der Waals surface area contributed by atoms with Crippen molar-refractivity contribution in [2.45, 2.75) is 6.92 Å². The maximum absolute atomic E-state index is 12.1. The number of thiophene rings is 1. The average molecular weight is 339 g/mol. The van der Waals surface area contributed by atoms with Crippen molar-refractivity contribution < 1.29 is 14.7 Å². The molecule has 0 aliphatic heterocycles. The normalized spacial score (nSPS) is 10.2. The van der Waals surface area contributed by atoms with E-state index in [0.29, 0.717) is 15.0 Å². The quantitative estimate of drug-likeness (QED) is 0.934. The first-order valence-electron chi connectivity index (χ1n) is 5.36. The van der Waals surface area contributed by atoms with Crippen molar-refractivity contribution in [1.82, 2.24) is 0 Å². The first kappa shape index (κ1) is 13.8. The topological polar surface area (TPSA) is 69.2 Å². The predicted molar refractivity (Wildman–Crippen MR) is 75.5 cm³/mol. The van der Waals surface area contributed by atoms with Gasteiger partial charge in [0, 0.05) is 14.9 Å². The van der Waals surface area contributed by atoms with Gasteiger partial charge in [0.05, 0.1) is 11.5 Å². The van der Waals surface area contributed by atoms with Crippen LogP contribution in [0.3, 0.4) is 0 Å². The summed E-state index contributed by atoms with van der Waals surface area (Å²) in [5, 5.41) is 13.8. The fourth-order valence-electron chi connectivity index (χ4n) is 1.57. The summed E-state index contributed by atoms with van der Waals surface area (Å²) in [5.74, 6) is -1.66. The second kappa shape index (κ2) is 5.54. The third-order valence-corrected chi connectivity index (χ3v) is 4.08. The summed E-state index contributed by atoms with van der Waals surface area (Å²) in [6.45, 7) is 1.77. The smallest absolute Gasteiger partial charge is 0.257 e. The monoisotopic (exact) mass is 338 g/mol. The van der Waals surface area contributed by atoms with Crippen LogP contribution in [-0.4, -0.2) is 11.9 Å². The number of aromatic carboxylic acids is 1. The van der Waals surface area contributed by atoms with Gasteiger partial charge in [0.15, 0.2) is 0 Å². The van der Waals surface area contributed by atoms with Gasteiger partial charge in [-0.1, -0.05) is 12.1 Å². The lowest BCUT2D eigenvalue weighted by Crippen LogP contribution is -2.23. The Labute approximate surface area is 122 Å². The molecule has 2 rings (SSSR count). The molecule has 0 radical (unpaired) electrons. The van der Waals surface area contributed by atoms with E-state index < -0.39 is 5.97 Å². The van der Waals surface area contributed by atoms with Crippen molar-refractivity contribution in [1.29, 1.82) is 0 Å². The van der Waals surface area contributed by atoms with Crippen molar-refractivity contribution >= 4 is 44.1 Å². The van der Waals surface area contributed by atoms with E-state index in [1.807, 2.05) is 0 Å². The van der Waals surface area contributed by atoms with E-state index in [1.54, 1.807) is 31.2 Å². The number of carboxylic acid groups (broad SMARTS) is 1. The van der Waals surface area contributed by atoms with Gasteiger partial charge in [-0.25, -0.2) is 0 Å². The number of carboxylic acids is 1. The summed E-state index contributed by atoms with van der Waals surface area (Å²) < 4.78 is 0.649. The molecule has 0 saturated heterocycles. The Balaban J connectivity index is 2.29. The molecule has 0 atom stereocenters. The first-order chi connectivity index (χ1) is 8.99. The Hall–Kier alpha value is -1.66. The molecule has 0 aliphatic carbocycles. The molecule has 1 aromatic heterocycles. The lowest BCUT2D eigenvalue weighted by atomic mass is 10.2. The summed E-state index contributed by atoms with van der Waals surface area (Å²) in [7, 11) is 0. The number of amides is 1. The Morgan fingerprint density at radius 3 is 2.58 bits per heavy atom. The van der Waals surface area contributed by atoms with Crippen LogP contribution < -0.4 is 10.4 Å². The average Bonchev–Trinajstić information content (AvgIpc) is 2.70. The maximum atomic E-state index is 12.1. The summed E-state index contributed by atoms with van der Waals surface area (Å²) in [4.78, 5) is 23.8. The van der Waals surface area contributed by atoms with E-state index >= 15 is 0 Å². The minimum atomic E-state index is -1.30. The second-order valence-corrected chi connectivity index (χ2v) is 5.93. The number of rotatable bonds is 3. The number of benzene rings is 1. The highest BCUT2D eigenvalue weighted by atomic mass is 79.9. The third kappa shape index (κ3) is 3.02. The number of hydrogen-bond donors (Lipinski definition) is 1. The molecule has 0 fully saturated rings. The molecule has 98 valence electrons. The molecule has 19 heavy (non-hydrogen) atoms. The van der Waals surface area contributed by atoms with Crippen LogP contribution in [-0.2, 0) is 0 Å². The predicted octanol–water partition coefficient (Wildman–Crippen LogP) is 2.43. The van der Waals surface area contributed by atoms with Gasteiger partial charge in [0.25, 0.3) is 5.91 Å². The lowest BCUT2D eigenvalue weighted by Gasteiger charge is -2.07. The number of hydrogen-bond acceptors (Lipinski definition) is 4. The number of carbonyl (C=O) groups is 2. The first-order valence-corrected chi connectivity index (χ1v) is 6.97. The van der Waals surface area contributed by atoms with Crippen molar-refractivity contribution in [3.8, 4) is 0 Å². The van der Waals surface area contributed by atoms with Crippen LogP contribution in [0.1, 0.15) is 25.6 Å². The Morgan fingerprint density at radius 1 is 1.26 bits per heavy atom. The minimum absolute atomic E-state index is 0.00269. The van der Waals surface area contributed by atoms with Crippen LogP contribution in [0.15, 0.2) is 34.8 Å². The maximum Gasteiger partial charge on any atom is 0.257 e. The molecule has 0 unspecified atom stereocenters. The molecule has 0 spiro atoms. The fraction of sp³-hybridized carbons (Fsp3) is 0.0769. The van der Waals surface area contributed by atoms with Gasteiger partial charge >= 0.3 is 0 Å². The summed E-state index contributed by atoms with van der Waals surface area (Å²) in [6, 6.07) is 8.41. The Morgan fingerprint density at radius 2 is 1.95 bits per heavy atom. The van der Waals surface area contributed by atoms with Crippen LogP contribution in [0.5, 0.6) is 0 Å². The molecule has 1 aromatic carbocycles. The standard InChI is InChI=1S/C13H10BrNO3S/c1-7-6-9(13(17)18)12(19-7)15-11(16)8-4-2-3-5-10(8)14/h2-6H,1H3,(H,15,16)(H,17,18)/p-1.